The molecule has 0 spiro atoms. The van der Waals surface area contributed by atoms with Crippen molar-refractivity contribution in [1.82, 2.24) is 14.7 Å². The molecule has 1 N–H and O–H groups in total. The number of carbonyl (C=O) groups excluding carboxylic acids is 2. The van der Waals surface area contributed by atoms with Crippen LogP contribution in [0.2, 0.25) is 0 Å². The standard InChI is InChI=1S/C26H30FN3O4S.ClH/c1-17(31)35-23-11-13-29(25(26(34)18-8-9-18)21-5-2-3-6-22(21)27)16-19(23)15-20-10-14-30(28-20)12-4-7-24(32)33;/h2-3,5-6,10,14-15,18,23,25H,4,7-9,11-13,16H2,1H3,(H,32,33);1H. The second kappa shape index (κ2) is 12.7. The monoisotopic (exact) mass is 535 g/mol. The molecule has 1 saturated heterocycles. The second-order valence-corrected chi connectivity index (χ2v) is 10.6. The number of aryl methyl sites for hydroxylation is 1. The maximum Gasteiger partial charge on any atom is 0.303 e. The van der Waals surface area contributed by atoms with Gasteiger partial charge in [-0.1, -0.05) is 30.0 Å². The van der Waals surface area contributed by atoms with E-state index in [-0.39, 0.29) is 46.7 Å². The molecule has 194 valence electrons. The lowest BCUT2D eigenvalue weighted by atomic mass is 9.93. The summed E-state index contributed by atoms with van der Waals surface area (Å²) >= 11 is 1.27. The number of Topliss-reactive ketones (excluding diaryl/α,β-unsaturated/α-hetero) is 1. The highest BCUT2D eigenvalue weighted by Crippen LogP contribution is 2.40. The van der Waals surface area contributed by atoms with Crippen molar-refractivity contribution < 1.29 is 23.9 Å². The molecular weight excluding hydrogens is 505 g/mol. The number of thioether (sulfide) groups is 1. The number of aliphatic carboxylic acids is 1. The third-order valence-electron chi connectivity index (χ3n) is 6.37. The van der Waals surface area contributed by atoms with Gasteiger partial charge in [0.1, 0.15) is 5.82 Å². The number of piperidine rings is 1. The molecule has 2 atom stereocenters. The molecule has 2 aromatic rings. The molecule has 0 radical (unpaired) electrons. The second-order valence-electron chi connectivity index (χ2n) is 9.18. The molecule has 1 aliphatic carbocycles. The van der Waals surface area contributed by atoms with E-state index in [0.717, 1.165) is 18.4 Å². The molecule has 36 heavy (non-hydrogen) atoms. The Balaban J connectivity index is 0.00000361. The minimum Gasteiger partial charge on any atom is -0.481 e. The number of likely N-dealkylation sites (tertiary alicyclic amines) is 1. The molecule has 2 unspecified atom stereocenters. The molecular formula is C26H31ClFN3O4S. The average Bonchev–Trinajstić information content (AvgIpc) is 3.57. The van der Waals surface area contributed by atoms with Gasteiger partial charge < -0.3 is 5.11 Å². The van der Waals surface area contributed by atoms with Gasteiger partial charge in [-0.15, -0.1) is 12.4 Å². The van der Waals surface area contributed by atoms with Crippen molar-refractivity contribution in [3.8, 4) is 0 Å². The number of hydrogen-bond donors (Lipinski definition) is 1. The van der Waals surface area contributed by atoms with Gasteiger partial charge in [-0.25, -0.2) is 4.39 Å². The molecule has 2 heterocycles. The van der Waals surface area contributed by atoms with Crippen molar-refractivity contribution >= 4 is 47.1 Å². The summed E-state index contributed by atoms with van der Waals surface area (Å²) in [4.78, 5) is 38.0. The first-order valence-corrected chi connectivity index (χ1v) is 12.8. The smallest absolute Gasteiger partial charge is 0.303 e. The Labute approximate surface area is 220 Å². The van der Waals surface area contributed by atoms with E-state index in [9.17, 15) is 18.8 Å². The van der Waals surface area contributed by atoms with E-state index in [0.29, 0.717) is 43.7 Å². The first-order chi connectivity index (χ1) is 16.8. The largest absolute Gasteiger partial charge is 0.481 e. The Morgan fingerprint density at radius 2 is 1.97 bits per heavy atom. The first kappa shape index (κ1) is 28.1. The Morgan fingerprint density at radius 3 is 2.64 bits per heavy atom. The van der Waals surface area contributed by atoms with E-state index in [1.54, 1.807) is 36.0 Å². The van der Waals surface area contributed by atoms with Gasteiger partial charge in [-0.3, -0.25) is 24.0 Å². The van der Waals surface area contributed by atoms with Crippen LogP contribution in [0.15, 0.2) is 42.1 Å². The van der Waals surface area contributed by atoms with E-state index in [4.69, 9.17) is 5.11 Å². The number of carboxylic acid groups (broad SMARTS) is 1. The lowest BCUT2D eigenvalue weighted by Crippen LogP contribution is -2.43. The third-order valence-corrected chi connectivity index (χ3v) is 7.53. The molecule has 7 nitrogen and oxygen atoms in total. The molecule has 0 bridgehead atoms. The highest BCUT2D eigenvalue weighted by molar-refractivity contribution is 8.14. The van der Waals surface area contributed by atoms with E-state index in [2.05, 4.69) is 5.10 Å². The molecule has 1 aliphatic heterocycles. The Morgan fingerprint density at radius 1 is 1.22 bits per heavy atom. The zero-order chi connectivity index (χ0) is 24.9. The fraction of sp³-hybridized carbons (Fsp3) is 0.462. The van der Waals surface area contributed by atoms with E-state index >= 15 is 0 Å². The molecule has 1 aromatic heterocycles. The summed E-state index contributed by atoms with van der Waals surface area (Å²) in [7, 11) is 0. The van der Waals surface area contributed by atoms with E-state index in [1.807, 2.05) is 17.0 Å². The number of nitrogens with zero attached hydrogens (tertiary/aromatic N) is 3. The molecule has 4 rings (SSSR count). The van der Waals surface area contributed by atoms with Crippen molar-refractivity contribution in [2.75, 3.05) is 13.1 Å². The number of hydrogen-bond acceptors (Lipinski definition) is 6. The van der Waals surface area contributed by atoms with Gasteiger partial charge in [0.05, 0.1) is 11.7 Å². The topological polar surface area (TPSA) is 92.5 Å². The summed E-state index contributed by atoms with van der Waals surface area (Å²) in [6.07, 6.45) is 6.68. The minimum absolute atomic E-state index is 0. The zero-order valence-electron chi connectivity index (χ0n) is 20.1. The van der Waals surface area contributed by atoms with Gasteiger partial charge in [-0.2, -0.15) is 5.10 Å². The summed E-state index contributed by atoms with van der Waals surface area (Å²) in [5.41, 5.74) is 2.09. The van der Waals surface area contributed by atoms with Crippen LogP contribution < -0.4 is 0 Å². The van der Waals surface area contributed by atoms with Crippen molar-refractivity contribution in [2.45, 2.75) is 56.9 Å². The van der Waals surface area contributed by atoms with Gasteiger partial charge in [0, 0.05) is 55.9 Å². The summed E-state index contributed by atoms with van der Waals surface area (Å²) in [6, 6.07) is 7.69. The van der Waals surface area contributed by atoms with Crippen LogP contribution in [-0.2, 0) is 20.9 Å². The predicted octanol–water partition coefficient (Wildman–Crippen LogP) is 4.77. The molecule has 1 saturated carbocycles. The summed E-state index contributed by atoms with van der Waals surface area (Å²) in [6.45, 7) is 3.07. The lowest BCUT2D eigenvalue weighted by Gasteiger charge is -2.38. The third kappa shape index (κ3) is 7.27. The number of carboxylic acids is 1. The number of ketones is 1. The minimum atomic E-state index is -0.837. The molecule has 1 aromatic carbocycles. The van der Waals surface area contributed by atoms with Crippen molar-refractivity contribution in [1.29, 1.82) is 0 Å². The van der Waals surface area contributed by atoms with Gasteiger partial charge >= 0.3 is 5.97 Å². The maximum absolute atomic E-state index is 14.8. The van der Waals surface area contributed by atoms with E-state index in [1.165, 1.54) is 17.8 Å². The van der Waals surface area contributed by atoms with Crippen molar-refractivity contribution in [2.24, 2.45) is 5.92 Å². The van der Waals surface area contributed by atoms with Gasteiger partial charge in [0.25, 0.3) is 0 Å². The van der Waals surface area contributed by atoms with Crippen LogP contribution in [0.5, 0.6) is 0 Å². The molecule has 2 aliphatic rings. The Kier molecular flexibility index (Phi) is 9.87. The van der Waals surface area contributed by atoms with Crippen LogP contribution in [0.3, 0.4) is 0 Å². The normalized spacial score (nSPS) is 20.1. The number of halogens is 2. The van der Waals surface area contributed by atoms with Gasteiger partial charge in [0.2, 0.25) is 0 Å². The van der Waals surface area contributed by atoms with Crippen LogP contribution in [0.4, 0.5) is 4.39 Å². The van der Waals surface area contributed by atoms with Crippen LogP contribution in [-0.4, -0.2) is 55.0 Å². The number of benzene rings is 1. The molecule has 2 fully saturated rings. The van der Waals surface area contributed by atoms with Crippen molar-refractivity contribution in [3.05, 3.63) is 59.2 Å². The van der Waals surface area contributed by atoms with Gasteiger partial charge in [-0.05, 0) is 49.5 Å². The average molecular weight is 536 g/mol. The number of rotatable bonds is 10. The van der Waals surface area contributed by atoms with Gasteiger partial charge in [0.15, 0.2) is 10.9 Å². The SMILES string of the molecule is CC(=O)SC1CCN(C(C(=O)C2CC2)c2ccccc2F)CC1=Cc1ccn(CCCC(=O)O)n1.Cl. The lowest BCUT2D eigenvalue weighted by molar-refractivity contribution is -0.137. The van der Waals surface area contributed by atoms with Crippen LogP contribution in [0.1, 0.15) is 56.3 Å². The summed E-state index contributed by atoms with van der Waals surface area (Å²) < 4.78 is 16.5. The molecule has 10 heteroatoms. The van der Waals surface area contributed by atoms with Crippen LogP contribution in [0.25, 0.3) is 6.08 Å². The van der Waals surface area contributed by atoms with Crippen molar-refractivity contribution in [3.63, 3.8) is 0 Å². The highest BCUT2D eigenvalue weighted by Gasteiger charge is 2.41. The maximum atomic E-state index is 14.8. The zero-order valence-corrected chi connectivity index (χ0v) is 21.8. The predicted molar refractivity (Wildman–Crippen MR) is 139 cm³/mol. The highest BCUT2D eigenvalue weighted by atomic mass is 35.5. The fourth-order valence-corrected chi connectivity index (χ4v) is 5.47. The Hall–Kier alpha value is -2.49. The Bertz CT molecular complexity index is 1130. The first-order valence-electron chi connectivity index (χ1n) is 12.0. The fourth-order valence-electron chi connectivity index (χ4n) is 4.56. The van der Waals surface area contributed by atoms with Crippen LogP contribution in [0, 0.1) is 11.7 Å². The van der Waals surface area contributed by atoms with Crippen LogP contribution >= 0.6 is 24.2 Å². The summed E-state index contributed by atoms with van der Waals surface area (Å²) in [5, 5.41) is 13.4. The quantitative estimate of drug-likeness (QED) is 0.468. The number of carbonyl (C=O) groups is 3. The summed E-state index contributed by atoms with van der Waals surface area (Å²) in [5.74, 6) is -1.17. The van der Waals surface area contributed by atoms with E-state index < -0.39 is 12.0 Å². The number of aromatic nitrogens is 2. The molecule has 0 amide bonds.